The Hall–Kier alpha value is -3.32. The number of nitrogens with zero attached hydrogens (tertiary/aromatic N) is 2. The fourth-order valence-electron chi connectivity index (χ4n) is 3.59. The Labute approximate surface area is 175 Å². The lowest BCUT2D eigenvalue weighted by atomic mass is 10.2. The number of para-hydroxylation sites is 1. The van der Waals surface area contributed by atoms with Gasteiger partial charge in [-0.2, -0.15) is 0 Å². The highest BCUT2D eigenvalue weighted by atomic mass is 16.5. The Bertz CT molecular complexity index is 987. The van der Waals surface area contributed by atoms with Crippen molar-refractivity contribution < 1.29 is 18.7 Å². The number of nitrogens with one attached hydrogen (secondary N) is 1. The number of carbonyl (C=O) groups is 2. The van der Waals surface area contributed by atoms with Crippen LogP contribution in [0.3, 0.4) is 0 Å². The van der Waals surface area contributed by atoms with Gasteiger partial charge in [0.2, 0.25) is 0 Å². The first-order valence-corrected chi connectivity index (χ1v) is 10.1. The van der Waals surface area contributed by atoms with Gasteiger partial charge >= 0.3 is 0 Å². The quantitative estimate of drug-likeness (QED) is 0.680. The van der Waals surface area contributed by atoms with Crippen molar-refractivity contribution in [2.45, 2.75) is 0 Å². The maximum Gasteiger partial charge on any atom is 0.289 e. The molecule has 2 aromatic carbocycles. The number of hydrogen-bond donors (Lipinski definition) is 1. The van der Waals surface area contributed by atoms with Gasteiger partial charge in [0.1, 0.15) is 11.3 Å². The maximum absolute atomic E-state index is 12.7. The minimum absolute atomic E-state index is 0.0707. The third-order valence-electron chi connectivity index (χ3n) is 5.36. The molecule has 0 bridgehead atoms. The summed E-state index contributed by atoms with van der Waals surface area (Å²) in [5.41, 5.74) is 1.34. The van der Waals surface area contributed by atoms with Crippen LogP contribution >= 0.6 is 0 Å². The van der Waals surface area contributed by atoms with Gasteiger partial charge in [-0.1, -0.05) is 18.2 Å². The highest BCUT2D eigenvalue weighted by Crippen LogP contribution is 2.20. The highest BCUT2D eigenvalue weighted by Gasteiger charge is 2.24. The first kappa shape index (κ1) is 20.0. The monoisotopic (exact) mass is 407 g/mol. The van der Waals surface area contributed by atoms with Gasteiger partial charge in [0.25, 0.3) is 11.8 Å². The minimum atomic E-state index is -0.101. The van der Waals surface area contributed by atoms with Crippen molar-refractivity contribution in [3.8, 4) is 5.75 Å². The van der Waals surface area contributed by atoms with E-state index in [2.05, 4.69) is 10.2 Å². The molecule has 1 fully saturated rings. The van der Waals surface area contributed by atoms with Crippen LogP contribution in [-0.4, -0.2) is 68.0 Å². The standard InChI is InChI=1S/C23H25N3O4/c1-29-19-8-6-17(7-9-19)22(27)24-10-11-25-12-14-26(15-13-25)23(28)21-16-18-4-2-3-5-20(18)30-21/h2-9,16H,10-15H2,1H3,(H,24,27). The Morgan fingerprint density at radius 3 is 2.47 bits per heavy atom. The van der Waals surface area contributed by atoms with Crippen molar-refractivity contribution >= 4 is 22.8 Å². The van der Waals surface area contributed by atoms with Gasteiger partial charge in [0, 0.05) is 50.2 Å². The van der Waals surface area contributed by atoms with Crippen LogP contribution in [0.1, 0.15) is 20.9 Å². The SMILES string of the molecule is COc1ccc(C(=O)NCCN2CCN(C(=O)c3cc4ccccc4o3)CC2)cc1. The summed E-state index contributed by atoms with van der Waals surface area (Å²) in [6, 6.07) is 16.5. The van der Waals surface area contributed by atoms with Crippen LogP contribution in [0.2, 0.25) is 0 Å². The van der Waals surface area contributed by atoms with Crippen LogP contribution in [0.25, 0.3) is 11.0 Å². The van der Waals surface area contributed by atoms with Crippen molar-refractivity contribution in [3.05, 3.63) is 65.9 Å². The molecule has 0 spiro atoms. The van der Waals surface area contributed by atoms with Gasteiger partial charge in [-0.15, -0.1) is 0 Å². The van der Waals surface area contributed by atoms with Gasteiger partial charge < -0.3 is 19.4 Å². The lowest BCUT2D eigenvalue weighted by molar-refractivity contribution is 0.0609. The van der Waals surface area contributed by atoms with E-state index in [9.17, 15) is 9.59 Å². The molecule has 1 N–H and O–H groups in total. The van der Waals surface area contributed by atoms with E-state index in [1.807, 2.05) is 29.2 Å². The Balaban J connectivity index is 1.22. The number of rotatable bonds is 6. The minimum Gasteiger partial charge on any atom is -0.497 e. The molecule has 1 aliphatic rings. The zero-order valence-corrected chi connectivity index (χ0v) is 17.0. The van der Waals surface area contributed by atoms with Gasteiger partial charge in [0.05, 0.1) is 7.11 Å². The number of piperazine rings is 1. The third kappa shape index (κ3) is 4.46. The second-order valence-corrected chi connectivity index (χ2v) is 7.27. The van der Waals surface area contributed by atoms with E-state index in [-0.39, 0.29) is 11.8 Å². The summed E-state index contributed by atoms with van der Waals surface area (Å²) >= 11 is 0. The molecule has 0 atom stereocenters. The summed E-state index contributed by atoms with van der Waals surface area (Å²) in [4.78, 5) is 29.0. The highest BCUT2D eigenvalue weighted by molar-refractivity contribution is 5.96. The summed E-state index contributed by atoms with van der Waals surface area (Å²) in [6.45, 7) is 4.12. The molecule has 0 aliphatic carbocycles. The predicted octanol–water partition coefficient (Wildman–Crippen LogP) is 2.63. The second kappa shape index (κ2) is 9.00. The van der Waals surface area contributed by atoms with Gasteiger partial charge in [-0.05, 0) is 36.4 Å². The molecule has 30 heavy (non-hydrogen) atoms. The summed E-state index contributed by atoms with van der Waals surface area (Å²) in [7, 11) is 1.60. The molecule has 3 aromatic rings. The normalized spacial score (nSPS) is 14.6. The van der Waals surface area contributed by atoms with Crippen LogP contribution in [-0.2, 0) is 0 Å². The third-order valence-corrected chi connectivity index (χ3v) is 5.36. The van der Waals surface area contributed by atoms with Crippen LogP contribution in [0, 0.1) is 0 Å². The molecule has 1 aromatic heterocycles. The largest absolute Gasteiger partial charge is 0.497 e. The number of hydrogen-bond acceptors (Lipinski definition) is 5. The lowest BCUT2D eigenvalue weighted by Gasteiger charge is -2.34. The molecule has 0 saturated carbocycles. The van der Waals surface area contributed by atoms with Crippen LogP contribution < -0.4 is 10.1 Å². The molecule has 156 valence electrons. The van der Waals surface area contributed by atoms with E-state index < -0.39 is 0 Å². The Kier molecular flexibility index (Phi) is 5.99. The smallest absolute Gasteiger partial charge is 0.289 e. The van der Waals surface area contributed by atoms with Crippen molar-refractivity contribution in [1.29, 1.82) is 0 Å². The number of ether oxygens (including phenoxy) is 1. The molecule has 4 rings (SSSR count). The van der Waals surface area contributed by atoms with E-state index in [0.29, 0.717) is 31.0 Å². The Morgan fingerprint density at radius 1 is 1.03 bits per heavy atom. The summed E-state index contributed by atoms with van der Waals surface area (Å²) < 4.78 is 10.8. The zero-order chi connectivity index (χ0) is 20.9. The van der Waals surface area contributed by atoms with Crippen LogP contribution in [0.15, 0.2) is 59.0 Å². The molecule has 0 unspecified atom stereocenters. The summed E-state index contributed by atoms with van der Waals surface area (Å²) in [5, 5.41) is 3.88. The molecule has 0 radical (unpaired) electrons. The van der Waals surface area contributed by atoms with E-state index in [1.165, 1.54) is 0 Å². The molecule has 2 amide bonds. The average Bonchev–Trinajstić information content (AvgIpc) is 3.23. The number of methoxy groups -OCH3 is 1. The molecule has 7 heteroatoms. The molecule has 2 heterocycles. The molecule has 1 aliphatic heterocycles. The first-order valence-electron chi connectivity index (χ1n) is 10.1. The van der Waals surface area contributed by atoms with Crippen molar-refractivity contribution in [2.24, 2.45) is 0 Å². The van der Waals surface area contributed by atoms with Crippen molar-refractivity contribution in [3.63, 3.8) is 0 Å². The molecule has 1 saturated heterocycles. The molecular formula is C23H25N3O4. The maximum atomic E-state index is 12.7. The van der Waals surface area contributed by atoms with E-state index in [1.54, 1.807) is 37.4 Å². The van der Waals surface area contributed by atoms with Crippen LogP contribution in [0.4, 0.5) is 0 Å². The molecular weight excluding hydrogens is 382 g/mol. The van der Waals surface area contributed by atoms with Gasteiger partial charge in [0.15, 0.2) is 5.76 Å². The van der Waals surface area contributed by atoms with Crippen molar-refractivity contribution in [2.75, 3.05) is 46.4 Å². The van der Waals surface area contributed by atoms with Gasteiger partial charge in [-0.25, -0.2) is 0 Å². The molecule has 7 nitrogen and oxygen atoms in total. The van der Waals surface area contributed by atoms with E-state index in [0.717, 1.165) is 36.4 Å². The van der Waals surface area contributed by atoms with E-state index >= 15 is 0 Å². The van der Waals surface area contributed by atoms with Crippen molar-refractivity contribution in [1.82, 2.24) is 15.1 Å². The summed E-state index contributed by atoms with van der Waals surface area (Å²) in [5.74, 6) is 0.938. The summed E-state index contributed by atoms with van der Waals surface area (Å²) in [6.07, 6.45) is 0. The van der Waals surface area contributed by atoms with E-state index in [4.69, 9.17) is 9.15 Å². The first-order chi connectivity index (χ1) is 14.6. The fourth-order valence-corrected chi connectivity index (χ4v) is 3.59. The number of furan rings is 1. The number of fused-ring (bicyclic) bond motifs is 1. The average molecular weight is 407 g/mol. The number of benzene rings is 2. The zero-order valence-electron chi connectivity index (χ0n) is 17.0. The van der Waals surface area contributed by atoms with Crippen LogP contribution in [0.5, 0.6) is 5.75 Å². The Morgan fingerprint density at radius 2 is 1.77 bits per heavy atom. The fraction of sp³-hybridized carbons (Fsp3) is 0.304. The number of carbonyl (C=O) groups excluding carboxylic acids is 2. The number of amides is 2. The predicted molar refractivity (Wildman–Crippen MR) is 114 cm³/mol. The lowest BCUT2D eigenvalue weighted by Crippen LogP contribution is -2.50. The van der Waals surface area contributed by atoms with Gasteiger partial charge in [-0.3, -0.25) is 14.5 Å². The topological polar surface area (TPSA) is 75.0 Å². The second-order valence-electron chi connectivity index (χ2n) is 7.27.